The summed E-state index contributed by atoms with van der Waals surface area (Å²) in [7, 11) is 0. The van der Waals surface area contributed by atoms with Crippen LogP contribution in [0, 0.1) is 12.8 Å². The maximum Gasteiger partial charge on any atom is 0.408 e. The molecule has 1 aromatic carbocycles. The number of phenolic OH excluding ortho intramolecular Hbond substituents is 1. The highest BCUT2D eigenvalue weighted by Gasteiger charge is 2.43. The summed E-state index contributed by atoms with van der Waals surface area (Å²) in [5.74, 6) is -0.748. The Hall–Kier alpha value is -2.77. The summed E-state index contributed by atoms with van der Waals surface area (Å²) in [4.78, 5) is 41.9. The van der Waals surface area contributed by atoms with Gasteiger partial charge in [0.05, 0.1) is 0 Å². The zero-order valence-corrected chi connectivity index (χ0v) is 23.8. The Morgan fingerprint density at radius 2 is 1.69 bits per heavy atom. The quantitative estimate of drug-likeness (QED) is 0.378. The van der Waals surface area contributed by atoms with Crippen molar-refractivity contribution in [3.05, 3.63) is 29.3 Å². The van der Waals surface area contributed by atoms with E-state index in [0.29, 0.717) is 24.1 Å². The summed E-state index contributed by atoms with van der Waals surface area (Å²) in [5, 5.41) is 16.6. The summed E-state index contributed by atoms with van der Waals surface area (Å²) < 4.78 is 5.42. The van der Waals surface area contributed by atoms with Crippen LogP contribution in [0.2, 0.25) is 0 Å². The highest BCUT2D eigenvalue weighted by molar-refractivity contribution is 5.93. The second-order valence-electron chi connectivity index (χ2n) is 11.8. The number of amides is 3. The van der Waals surface area contributed by atoms with Gasteiger partial charge >= 0.3 is 6.09 Å². The van der Waals surface area contributed by atoms with Crippen LogP contribution in [0.4, 0.5) is 4.79 Å². The average Bonchev–Trinajstić information content (AvgIpc) is 2.70. The van der Waals surface area contributed by atoms with Crippen LogP contribution in [-0.2, 0) is 14.3 Å². The normalized spacial score (nSPS) is 13.6. The number of hydrogen-bond acceptors (Lipinski definition) is 5. The molecule has 0 aliphatic heterocycles. The summed E-state index contributed by atoms with van der Waals surface area (Å²) in [6.07, 6.45) is 1.35. The zero-order valence-electron chi connectivity index (χ0n) is 23.8. The number of carbonyl (C=O) groups excluding carboxylic acids is 3. The van der Waals surface area contributed by atoms with Crippen molar-refractivity contribution in [2.75, 3.05) is 6.54 Å². The van der Waals surface area contributed by atoms with E-state index in [2.05, 4.69) is 10.6 Å². The molecule has 0 aliphatic carbocycles. The van der Waals surface area contributed by atoms with Crippen molar-refractivity contribution in [2.24, 2.45) is 5.92 Å². The van der Waals surface area contributed by atoms with Crippen LogP contribution in [-0.4, -0.2) is 51.6 Å². The number of phenols is 1. The summed E-state index contributed by atoms with van der Waals surface area (Å²) in [6, 6.07) is 3.16. The molecule has 204 valence electrons. The van der Waals surface area contributed by atoms with Gasteiger partial charge in [0.2, 0.25) is 11.8 Å². The minimum Gasteiger partial charge on any atom is -0.507 e. The van der Waals surface area contributed by atoms with Crippen LogP contribution < -0.4 is 10.6 Å². The fourth-order valence-electron chi connectivity index (χ4n) is 3.94. The number of hydrogen-bond donors (Lipinski definition) is 3. The first-order valence-corrected chi connectivity index (χ1v) is 12.9. The van der Waals surface area contributed by atoms with E-state index in [9.17, 15) is 19.5 Å². The number of ether oxygens (including phenoxy) is 1. The topological polar surface area (TPSA) is 108 Å². The molecule has 0 bridgehead atoms. The Balaban J connectivity index is 3.60. The molecule has 0 radical (unpaired) electrons. The molecule has 3 amide bonds. The van der Waals surface area contributed by atoms with Gasteiger partial charge in [0.25, 0.3) is 0 Å². The number of unbranched alkanes of at least 4 members (excludes halogenated alkanes) is 1. The fraction of sp³-hybridized carbons (Fsp3) is 0.679. The van der Waals surface area contributed by atoms with Crippen molar-refractivity contribution in [2.45, 2.75) is 112 Å². The van der Waals surface area contributed by atoms with E-state index in [1.165, 1.54) is 4.90 Å². The van der Waals surface area contributed by atoms with Crippen LogP contribution in [0.25, 0.3) is 0 Å². The highest BCUT2D eigenvalue weighted by atomic mass is 16.6. The Morgan fingerprint density at radius 1 is 1.08 bits per heavy atom. The molecule has 3 N–H and O–H groups in total. The SMILES string of the molecule is CCCCNC(=O)C(c1cccc(C)c1O)N(C(=O)C(CC(C)C)NC(=O)OC(C)(C)C)C(C)(C)C. The molecule has 0 spiro atoms. The number of para-hydroxylation sites is 1. The van der Waals surface area contributed by atoms with Crippen LogP contribution >= 0.6 is 0 Å². The number of benzene rings is 1. The van der Waals surface area contributed by atoms with Crippen LogP contribution in [0.1, 0.15) is 98.7 Å². The lowest BCUT2D eigenvalue weighted by atomic mass is 9.92. The van der Waals surface area contributed by atoms with Gasteiger partial charge in [-0.05, 0) is 72.8 Å². The van der Waals surface area contributed by atoms with E-state index in [-0.39, 0.29) is 17.6 Å². The third-order valence-electron chi connectivity index (χ3n) is 5.56. The van der Waals surface area contributed by atoms with Gasteiger partial charge in [-0.1, -0.05) is 45.4 Å². The molecule has 0 aliphatic rings. The second kappa shape index (κ2) is 13.0. The van der Waals surface area contributed by atoms with E-state index >= 15 is 0 Å². The Kier molecular flexibility index (Phi) is 11.3. The Bertz CT molecular complexity index is 899. The molecule has 0 heterocycles. The first kappa shape index (κ1) is 31.3. The second-order valence-corrected chi connectivity index (χ2v) is 11.8. The lowest BCUT2D eigenvalue weighted by Gasteiger charge is -2.43. The minimum absolute atomic E-state index is 0.0318. The number of aryl methyl sites for hydroxylation is 1. The molecular weight excluding hydrogens is 458 g/mol. The third-order valence-corrected chi connectivity index (χ3v) is 5.56. The van der Waals surface area contributed by atoms with Gasteiger partial charge < -0.3 is 25.4 Å². The van der Waals surface area contributed by atoms with Crippen molar-refractivity contribution in [1.29, 1.82) is 0 Å². The third kappa shape index (κ3) is 9.36. The van der Waals surface area contributed by atoms with Crippen molar-refractivity contribution in [3.63, 3.8) is 0 Å². The number of carbonyl (C=O) groups is 3. The van der Waals surface area contributed by atoms with Gasteiger partial charge in [-0.25, -0.2) is 4.79 Å². The standard InChI is InChI=1S/C28H47N3O5/c1-11-12-16-29-24(33)22(20-15-13-14-19(4)23(20)32)31(27(5,6)7)25(34)21(17-18(2)3)30-26(35)36-28(8,9)10/h13-15,18,21-22,32H,11-12,16-17H2,1-10H3,(H,29,33)(H,30,35). The molecule has 0 fully saturated rings. The lowest BCUT2D eigenvalue weighted by Crippen LogP contribution is -2.59. The lowest BCUT2D eigenvalue weighted by molar-refractivity contribution is -0.148. The van der Waals surface area contributed by atoms with Crippen molar-refractivity contribution in [1.82, 2.24) is 15.5 Å². The highest BCUT2D eigenvalue weighted by Crippen LogP contribution is 2.36. The number of nitrogens with one attached hydrogen (secondary N) is 2. The molecule has 2 atom stereocenters. The molecular formula is C28H47N3O5. The predicted octanol–water partition coefficient (Wildman–Crippen LogP) is 5.22. The Morgan fingerprint density at radius 3 is 2.19 bits per heavy atom. The maximum atomic E-state index is 14.2. The van der Waals surface area contributed by atoms with Crippen LogP contribution in [0.5, 0.6) is 5.75 Å². The Labute approximate surface area is 217 Å². The molecule has 0 saturated heterocycles. The van der Waals surface area contributed by atoms with Crippen molar-refractivity contribution < 1.29 is 24.2 Å². The smallest absolute Gasteiger partial charge is 0.408 e. The summed E-state index contributed by atoms with van der Waals surface area (Å²) in [6.45, 7) is 18.9. The van der Waals surface area contributed by atoms with Gasteiger partial charge in [0.15, 0.2) is 0 Å². The van der Waals surface area contributed by atoms with E-state index in [1.807, 2.05) is 41.5 Å². The van der Waals surface area contributed by atoms with E-state index in [4.69, 9.17) is 4.74 Å². The first-order chi connectivity index (χ1) is 16.5. The predicted molar refractivity (Wildman–Crippen MR) is 143 cm³/mol. The van der Waals surface area contributed by atoms with Gasteiger partial charge in [-0.2, -0.15) is 0 Å². The van der Waals surface area contributed by atoms with Crippen LogP contribution in [0.3, 0.4) is 0 Å². The van der Waals surface area contributed by atoms with Crippen molar-refractivity contribution in [3.8, 4) is 5.75 Å². The first-order valence-electron chi connectivity index (χ1n) is 12.9. The minimum atomic E-state index is -1.09. The molecule has 8 nitrogen and oxygen atoms in total. The summed E-state index contributed by atoms with van der Waals surface area (Å²) >= 11 is 0. The zero-order chi connectivity index (χ0) is 27.8. The van der Waals surface area contributed by atoms with Gasteiger partial charge in [-0.15, -0.1) is 0 Å². The molecule has 0 aromatic heterocycles. The largest absolute Gasteiger partial charge is 0.507 e. The summed E-state index contributed by atoms with van der Waals surface area (Å²) in [5.41, 5.74) is -0.599. The maximum absolute atomic E-state index is 14.2. The van der Waals surface area contributed by atoms with Gasteiger partial charge in [0, 0.05) is 17.6 Å². The molecule has 8 heteroatoms. The molecule has 1 aromatic rings. The number of aromatic hydroxyl groups is 1. The number of rotatable bonds is 10. The van der Waals surface area contributed by atoms with E-state index < -0.39 is 35.2 Å². The fourth-order valence-corrected chi connectivity index (χ4v) is 3.94. The van der Waals surface area contributed by atoms with Gasteiger partial charge in [0.1, 0.15) is 23.4 Å². The molecule has 0 saturated carbocycles. The van der Waals surface area contributed by atoms with Gasteiger partial charge in [-0.3, -0.25) is 9.59 Å². The molecule has 36 heavy (non-hydrogen) atoms. The average molecular weight is 506 g/mol. The number of alkyl carbamates (subject to hydrolysis) is 1. The van der Waals surface area contributed by atoms with Crippen LogP contribution in [0.15, 0.2) is 18.2 Å². The van der Waals surface area contributed by atoms with Crippen molar-refractivity contribution >= 4 is 17.9 Å². The molecule has 2 unspecified atom stereocenters. The molecule has 1 rings (SSSR count). The van der Waals surface area contributed by atoms with E-state index in [1.54, 1.807) is 45.9 Å². The number of nitrogens with zero attached hydrogens (tertiary/aromatic N) is 1. The monoisotopic (exact) mass is 505 g/mol. The van der Waals surface area contributed by atoms with E-state index in [0.717, 1.165) is 12.8 Å².